The minimum absolute atomic E-state index is 0.413. The summed E-state index contributed by atoms with van der Waals surface area (Å²) in [7, 11) is 3.94. The highest BCUT2D eigenvalue weighted by molar-refractivity contribution is 5.41. The Labute approximate surface area is 127 Å². The van der Waals surface area contributed by atoms with Gasteiger partial charge in [0.15, 0.2) is 0 Å². The van der Waals surface area contributed by atoms with E-state index in [0.29, 0.717) is 17.9 Å². The molecule has 1 aromatic carbocycles. The number of ether oxygens (including phenoxy) is 2. The van der Waals surface area contributed by atoms with Gasteiger partial charge in [0.2, 0.25) is 0 Å². The van der Waals surface area contributed by atoms with Crippen molar-refractivity contribution in [3.05, 3.63) is 29.3 Å². The maximum Gasteiger partial charge on any atom is 0.123 e. The van der Waals surface area contributed by atoms with Crippen LogP contribution in [0.5, 0.6) is 5.75 Å². The van der Waals surface area contributed by atoms with Crippen LogP contribution >= 0.6 is 0 Å². The molecule has 0 saturated carbocycles. The summed E-state index contributed by atoms with van der Waals surface area (Å²) < 4.78 is 11.1. The molecule has 2 aliphatic rings. The second kappa shape index (κ2) is 6.34. The number of rotatable bonds is 4. The number of hydrogen-bond acceptors (Lipinski definition) is 4. The van der Waals surface area contributed by atoms with Crippen LogP contribution in [-0.4, -0.2) is 45.4 Å². The molecule has 21 heavy (non-hydrogen) atoms. The first-order valence-electron chi connectivity index (χ1n) is 7.88. The van der Waals surface area contributed by atoms with E-state index in [0.717, 1.165) is 44.9 Å². The Morgan fingerprint density at radius 2 is 2.29 bits per heavy atom. The first-order valence-corrected chi connectivity index (χ1v) is 7.88. The summed E-state index contributed by atoms with van der Waals surface area (Å²) in [5.41, 5.74) is 8.55. The third kappa shape index (κ3) is 2.93. The zero-order valence-corrected chi connectivity index (χ0v) is 13.0. The van der Waals surface area contributed by atoms with Gasteiger partial charge in [0.05, 0.1) is 13.7 Å². The summed E-state index contributed by atoms with van der Waals surface area (Å²) in [6, 6.07) is 7.05. The van der Waals surface area contributed by atoms with Gasteiger partial charge in [0.1, 0.15) is 5.75 Å². The number of nitrogens with zero attached hydrogens (tertiary/aromatic N) is 1. The maximum absolute atomic E-state index is 5.86. The van der Waals surface area contributed by atoms with Gasteiger partial charge in [-0.3, -0.25) is 4.90 Å². The van der Waals surface area contributed by atoms with Crippen molar-refractivity contribution in [3.63, 3.8) is 0 Å². The Hall–Kier alpha value is -1.10. The summed E-state index contributed by atoms with van der Waals surface area (Å²) in [5.74, 6) is 2.11. The molecule has 0 bridgehead atoms. The number of nitrogens with two attached hydrogens (primary N) is 1. The smallest absolute Gasteiger partial charge is 0.123 e. The quantitative estimate of drug-likeness (QED) is 0.923. The predicted octanol–water partition coefficient (Wildman–Crippen LogP) is 2.15. The van der Waals surface area contributed by atoms with E-state index in [9.17, 15) is 0 Å². The van der Waals surface area contributed by atoms with Crippen LogP contribution in [0.4, 0.5) is 0 Å². The first kappa shape index (κ1) is 14.8. The second-order valence-electron chi connectivity index (χ2n) is 6.35. The van der Waals surface area contributed by atoms with Crippen LogP contribution in [0.15, 0.2) is 18.2 Å². The summed E-state index contributed by atoms with van der Waals surface area (Å²) in [5, 5.41) is 0. The van der Waals surface area contributed by atoms with Crippen LogP contribution in [-0.2, 0) is 4.74 Å². The van der Waals surface area contributed by atoms with Crippen molar-refractivity contribution in [2.45, 2.75) is 24.8 Å². The average Bonchev–Trinajstić information content (AvgIpc) is 3.16. The van der Waals surface area contributed by atoms with Gasteiger partial charge < -0.3 is 15.2 Å². The van der Waals surface area contributed by atoms with Crippen molar-refractivity contribution < 1.29 is 9.47 Å². The number of hydrogen-bond donors (Lipinski definition) is 1. The van der Waals surface area contributed by atoms with Crippen molar-refractivity contribution in [3.8, 4) is 5.75 Å². The highest BCUT2D eigenvalue weighted by atomic mass is 16.5. The molecule has 3 rings (SSSR count). The Morgan fingerprint density at radius 3 is 2.90 bits per heavy atom. The van der Waals surface area contributed by atoms with Gasteiger partial charge in [-0.1, -0.05) is 12.1 Å². The molecule has 2 saturated heterocycles. The van der Waals surface area contributed by atoms with Crippen LogP contribution < -0.4 is 10.5 Å². The average molecular weight is 290 g/mol. The molecule has 2 heterocycles. The van der Waals surface area contributed by atoms with E-state index < -0.39 is 0 Å². The van der Waals surface area contributed by atoms with E-state index >= 15 is 0 Å². The number of benzene rings is 1. The fraction of sp³-hybridized carbons (Fsp3) is 0.647. The summed E-state index contributed by atoms with van der Waals surface area (Å²) in [6.45, 7) is 3.56. The molecule has 4 heteroatoms. The van der Waals surface area contributed by atoms with Crippen LogP contribution in [0.2, 0.25) is 0 Å². The molecule has 0 amide bonds. The molecule has 3 unspecified atom stereocenters. The molecule has 2 N–H and O–H groups in total. The summed E-state index contributed by atoms with van der Waals surface area (Å²) in [4.78, 5) is 2.41. The minimum atomic E-state index is 0.413. The molecule has 0 aromatic heterocycles. The number of methoxy groups -OCH3 is 1. The second-order valence-corrected chi connectivity index (χ2v) is 6.35. The molecule has 1 aromatic rings. The molecule has 3 atom stereocenters. The van der Waals surface area contributed by atoms with Gasteiger partial charge in [-0.25, -0.2) is 0 Å². The van der Waals surface area contributed by atoms with Gasteiger partial charge in [-0.15, -0.1) is 0 Å². The Kier molecular flexibility index (Phi) is 4.48. The Balaban J connectivity index is 1.90. The highest BCUT2D eigenvalue weighted by Crippen LogP contribution is 2.40. The van der Waals surface area contributed by atoms with Crippen molar-refractivity contribution in [2.75, 3.05) is 40.5 Å². The third-order valence-electron chi connectivity index (χ3n) is 4.98. The van der Waals surface area contributed by atoms with Crippen molar-refractivity contribution in [1.82, 2.24) is 4.90 Å². The van der Waals surface area contributed by atoms with Gasteiger partial charge in [-0.2, -0.15) is 0 Å². The fourth-order valence-electron chi connectivity index (χ4n) is 3.70. The van der Waals surface area contributed by atoms with Crippen LogP contribution in [0.1, 0.15) is 35.9 Å². The molecule has 2 fully saturated rings. The summed E-state index contributed by atoms with van der Waals surface area (Å²) in [6.07, 6.45) is 2.24. The normalized spacial score (nSPS) is 30.0. The zero-order chi connectivity index (χ0) is 14.8. The van der Waals surface area contributed by atoms with Gasteiger partial charge in [-0.05, 0) is 44.0 Å². The maximum atomic E-state index is 5.86. The van der Waals surface area contributed by atoms with E-state index in [2.05, 4.69) is 30.1 Å². The topological polar surface area (TPSA) is 47.7 Å². The highest BCUT2D eigenvalue weighted by Gasteiger charge is 2.32. The molecular weight excluding hydrogens is 264 g/mol. The lowest BCUT2D eigenvalue weighted by atomic mass is 9.92. The van der Waals surface area contributed by atoms with Gasteiger partial charge >= 0.3 is 0 Å². The van der Waals surface area contributed by atoms with Crippen molar-refractivity contribution in [2.24, 2.45) is 11.7 Å². The molecule has 0 spiro atoms. The van der Waals surface area contributed by atoms with Crippen LogP contribution in [0.3, 0.4) is 0 Å². The zero-order valence-electron chi connectivity index (χ0n) is 13.0. The fourth-order valence-corrected chi connectivity index (χ4v) is 3.70. The lowest BCUT2D eigenvalue weighted by Gasteiger charge is -2.23. The molecule has 0 aliphatic carbocycles. The third-order valence-corrected chi connectivity index (χ3v) is 4.98. The number of likely N-dealkylation sites (tertiary alicyclic amines) is 1. The molecule has 0 radical (unpaired) electrons. The largest absolute Gasteiger partial charge is 0.496 e. The van der Waals surface area contributed by atoms with E-state index in [-0.39, 0.29) is 0 Å². The van der Waals surface area contributed by atoms with Crippen molar-refractivity contribution >= 4 is 0 Å². The van der Waals surface area contributed by atoms with Gasteiger partial charge in [0, 0.05) is 30.7 Å². The van der Waals surface area contributed by atoms with Crippen LogP contribution in [0.25, 0.3) is 0 Å². The lowest BCUT2D eigenvalue weighted by Crippen LogP contribution is -2.21. The minimum Gasteiger partial charge on any atom is -0.496 e. The van der Waals surface area contributed by atoms with E-state index in [1.807, 2.05) is 0 Å². The van der Waals surface area contributed by atoms with E-state index in [1.165, 1.54) is 11.1 Å². The molecule has 2 aliphatic heterocycles. The summed E-state index contributed by atoms with van der Waals surface area (Å²) >= 11 is 0. The standard InChI is InChI=1S/C17H26N2O2/c1-19-10-12(9-18)7-16(19)15-8-13(3-4-17(15)20-2)14-5-6-21-11-14/h3-4,8,12,14,16H,5-7,9-11,18H2,1-2H3. The Morgan fingerprint density at radius 1 is 1.43 bits per heavy atom. The van der Waals surface area contributed by atoms with Crippen LogP contribution in [0, 0.1) is 5.92 Å². The van der Waals surface area contributed by atoms with Crippen molar-refractivity contribution in [1.29, 1.82) is 0 Å². The van der Waals surface area contributed by atoms with Gasteiger partial charge in [0.25, 0.3) is 0 Å². The SMILES string of the molecule is COc1ccc(C2CCOC2)cc1C1CC(CN)CN1C. The first-order chi connectivity index (χ1) is 10.2. The Bertz CT molecular complexity index is 486. The molecule has 4 nitrogen and oxygen atoms in total. The monoisotopic (exact) mass is 290 g/mol. The van der Waals surface area contributed by atoms with E-state index in [4.69, 9.17) is 15.2 Å². The van der Waals surface area contributed by atoms with E-state index in [1.54, 1.807) is 7.11 Å². The lowest BCUT2D eigenvalue weighted by molar-refractivity contribution is 0.194. The molecular formula is C17H26N2O2. The predicted molar refractivity (Wildman–Crippen MR) is 83.7 cm³/mol. The molecule has 116 valence electrons.